The lowest BCUT2D eigenvalue weighted by Crippen LogP contribution is -2.34. The molecule has 0 radical (unpaired) electrons. The molecule has 1 aliphatic rings. The first-order valence-corrected chi connectivity index (χ1v) is 9.78. The summed E-state index contributed by atoms with van der Waals surface area (Å²) in [6.07, 6.45) is 4.95. The second-order valence-electron chi connectivity index (χ2n) is 5.50. The lowest BCUT2D eigenvalue weighted by atomic mass is 9.83. The van der Waals surface area contributed by atoms with E-state index in [9.17, 15) is 8.42 Å². The predicted molar refractivity (Wildman–Crippen MR) is 83.3 cm³/mol. The monoisotopic (exact) mass is 317 g/mol. The zero-order chi connectivity index (χ0) is 14.8. The van der Waals surface area contributed by atoms with Crippen molar-refractivity contribution in [2.75, 3.05) is 20.4 Å². The van der Waals surface area contributed by atoms with Crippen LogP contribution in [0.2, 0.25) is 0 Å². The maximum atomic E-state index is 11.8. The molecule has 0 aliphatic heterocycles. The van der Waals surface area contributed by atoms with E-state index in [4.69, 9.17) is 4.74 Å². The highest BCUT2D eigenvalue weighted by molar-refractivity contribution is 7.91. The fraction of sp³-hybridized carbons (Fsp3) is 0.714. The molecule has 3 atom stereocenters. The first kappa shape index (κ1) is 15.8. The van der Waals surface area contributed by atoms with Gasteiger partial charge in [0.2, 0.25) is 0 Å². The molecule has 114 valence electrons. The third-order valence-electron chi connectivity index (χ3n) is 4.21. The molecule has 1 fully saturated rings. The standard InChI is InChI=1S/C14H23NO3S2/c1-15-13(14-12(18-2)7-8-19-14)10-5-4-6-11(9-10)20(3,16)17/h7-8,10-11,13,15H,4-6,9H2,1-3H3. The van der Waals surface area contributed by atoms with Crippen LogP contribution in [-0.2, 0) is 9.84 Å². The highest BCUT2D eigenvalue weighted by Crippen LogP contribution is 2.41. The minimum Gasteiger partial charge on any atom is -0.496 e. The van der Waals surface area contributed by atoms with E-state index < -0.39 is 9.84 Å². The van der Waals surface area contributed by atoms with Crippen LogP contribution in [0, 0.1) is 5.92 Å². The molecule has 1 aliphatic carbocycles. The van der Waals surface area contributed by atoms with Crippen LogP contribution in [0.1, 0.15) is 36.6 Å². The summed E-state index contributed by atoms with van der Waals surface area (Å²) in [5.41, 5.74) is 0. The van der Waals surface area contributed by atoms with E-state index in [1.165, 1.54) is 11.1 Å². The van der Waals surface area contributed by atoms with Crippen molar-refractivity contribution >= 4 is 21.2 Å². The molecule has 1 N–H and O–H groups in total. The van der Waals surface area contributed by atoms with Crippen molar-refractivity contribution in [3.05, 3.63) is 16.3 Å². The number of sulfone groups is 1. The van der Waals surface area contributed by atoms with Crippen LogP contribution in [0.15, 0.2) is 11.4 Å². The highest BCUT2D eigenvalue weighted by atomic mass is 32.2. The average molecular weight is 317 g/mol. The molecule has 1 saturated carbocycles. The summed E-state index contributed by atoms with van der Waals surface area (Å²) < 4.78 is 29.0. The van der Waals surface area contributed by atoms with Gasteiger partial charge in [-0.1, -0.05) is 6.42 Å². The van der Waals surface area contributed by atoms with Crippen LogP contribution >= 0.6 is 11.3 Å². The Morgan fingerprint density at radius 1 is 1.45 bits per heavy atom. The smallest absolute Gasteiger partial charge is 0.150 e. The van der Waals surface area contributed by atoms with Gasteiger partial charge in [0, 0.05) is 12.3 Å². The Kier molecular flexibility index (Phi) is 5.09. The van der Waals surface area contributed by atoms with E-state index in [0.29, 0.717) is 5.92 Å². The number of ether oxygens (including phenoxy) is 1. The molecule has 0 aromatic carbocycles. The molecule has 3 unspecified atom stereocenters. The molecule has 20 heavy (non-hydrogen) atoms. The van der Waals surface area contributed by atoms with Crippen molar-refractivity contribution in [2.45, 2.75) is 37.0 Å². The van der Waals surface area contributed by atoms with Crippen molar-refractivity contribution in [1.82, 2.24) is 5.32 Å². The van der Waals surface area contributed by atoms with Crippen molar-refractivity contribution in [3.8, 4) is 5.75 Å². The van der Waals surface area contributed by atoms with E-state index in [1.807, 2.05) is 18.5 Å². The second kappa shape index (κ2) is 6.45. The lowest BCUT2D eigenvalue weighted by molar-refractivity contribution is 0.280. The van der Waals surface area contributed by atoms with E-state index in [0.717, 1.165) is 31.4 Å². The molecule has 1 heterocycles. The van der Waals surface area contributed by atoms with Gasteiger partial charge in [0.15, 0.2) is 0 Å². The largest absolute Gasteiger partial charge is 0.496 e. The molecule has 0 bridgehead atoms. The van der Waals surface area contributed by atoms with Crippen LogP contribution < -0.4 is 10.1 Å². The fourth-order valence-corrected chi connectivity index (χ4v) is 5.41. The van der Waals surface area contributed by atoms with Gasteiger partial charge in [-0.15, -0.1) is 11.3 Å². The summed E-state index contributed by atoms with van der Waals surface area (Å²) in [5.74, 6) is 1.25. The fourth-order valence-electron chi connectivity index (χ4n) is 3.16. The molecule has 0 amide bonds. The van der Waals surface area contributed by atoms with Crippen molar-refractivity contribution < 1.29 is 13.2 Å². The number of rotatable bonds is 5. The van der Waals surface area contributed by atoms with Gasteiger partial charge in [0.25, 0.3) is 0 Å². The Hall–Kier alpha value is -0.590. The van der Waals surface area contributed by atoms with Gasteiger partial charge in [0.1, 0.15) is 15.6 Å². The number of nitrogens with one attached hydrogen (secondary N) is 1. The van der Waals surface area contributed by atoms with Gasteiger partial charge in [-0.25, -0.2) is 8.42 Å². The van der Waals surface area contributed by atoms with Crippen molar-refractivity contribution in [3.63, 3.8) is 0 Å². The zero-order valence-corrected chi connectivity index (χ0v) is 13.9. The Morgan fingerprint density at radius 2 is 2.20 bits per heavy atom. The van der Waals surface area contributed by atoms with E-state index in [1.54, 1.807) is 18.4 Å². The highest BCUT2D eigenvalue weighted by Gasteiger charge is 2.34. The summed E-state index contributed by atoms with van der Waals surface area (Å²) in [6.45, 7) is 0. The topological polar surface area (TPSA) is 55.4 Å². The van der Waals surface area contributed by atoms with Gasteiger partial charge in [-0.05, 0) is 43.7 Å². The first-order valence-electron chi connectivity index (χ1n) is 6.95. The summed E-state index contributed by atoms with van der Waals surface area (Å²) >= 11 is 1.67. The van der Waals surface area contributed by atoms with E-state index >= 15 is 0 Å². The summed E-state index contributed by atoms with van der Waals surface area (Å²) in [6, 6.07) is 2.15. The first-order chi connectivity index (χ1) is 9.47. The van der Waals surface area contributed by atoms with E-state index in [2.05, 4.69) is 5.32 Å². The number of thiophene rings is 1. The Labute approximate surface area is 125 Å². The van der Waals surface area contributed by atoms with Gasteiger partial charge in [-0.3, -0.25) is 0 Å². The van der Waals surface area contributed by atoms with Crippen LogP contribution in [0.4, 0.5) is 0 Å². The maximum absolute atomic E-state index is 11.8. The number of methoxy groups -OCH3 is 1. The predicted octanol–water partition coefficient (Wildman–Crippen LogP) is 2.62. The second-order valence-corrected chi connectivity index (χ2v) is 8.77. The van der Waals surface area contributed by atoms with Crippen molar-refractivity contribution in [2.24, 2.45) is 5.92 Å². The molecule has 6 heteroatoms. The van der Waals surface area contributed by atoms with Crippen LogP contribution in [0.25, 0.3) is 0 Å². The van der Waals surface area contributed by atoms with E-state index in [-0.39, 0.29) is 11.3 Å². The minimum atomic E-state index is -2.94. The zero-order valence-electron chi connectivity index (χ0n) is 12.3. The van der Waals surface area contributed by atoms with Gasteiger partial charge >= 0.3 is 0 Å². The third-order valence-corrected chi connectivity index (χ3v) is 6.83. The van der Waals surface area contributed by atoms with Gasteiger partial charge in [-0.2, -0.15) is 0 Å². The maximum Gasteiger partial charge on any atom is 0.150 e. The average Bonchev–Trinajstić information content (AvgIpc) is 2.87. The summed E-state index contributed by atoms with van der Waals surface area (Å²) in [5, 5.41) is 5.19. The summed E-state index contributed by atoms with van der Waals surface area (Å²) in [4.78, 5) is 1.18. The number of hydrogen-bond donors (Lipinski definition) is 1. The molecule has 4 nitrogen and oxygen atoms in total. The van der Waals surface area contributed by atoms with Crippen molar-refractivity contribution in [1.29, 1.82) is 0 Å². The normalized spacial score (nSPS) is 25.4. The third kappa shape index (κ3) is 3.35. The molecule has 1 aromatic heterocycles. The quantitative estimate of drug-likeness (QED) is 0.907. The molecule has 2 rings (SSSR count). The number of hydrogen-bond acceptors (Lipinski definition) is 5. The molecular weight excluding hydrogens is 294 g/mol. The molecule has 1 aromatic rings. The SMILES string of the molecule is CNC(c1sccc1OC)C1CCCC(S(C)(=O)=O)C1. The molecule has 0 spiro atoms. The van der Waals surface area contributed by atoms with Gasteiger partial charge < -0.3 is 10.1 Å². The molecular formula is C14H23NO3S2. The Balaban J connectivity index is 2.19. The summed E-state index contributed by atoms with van der Waals surface area (Å²) in [7, 11) is 0.677. The van der Waals surface area contributed by atoms with Crippen LogP contribution in [0.3, 0.4) is 0 Å². The van der Waals surface area contributed by atoms with Crippen LogP contribution in [0.5, 0.6) is 5.75 Å². The minimum absolute atomic E-state index is 0.175. The van der Waals surface area contributed by atoms with Gasteiger partial charge in [0.05, 0.1) is 17.2 Å². The van der Waals surface area contributed by atoms with Crippen LogP contribution in [-0.4, -0.2) is 34.1 Å². The lowest BCUT2D eigenvalue weighted by Gasteiger charge is -2.33. The Bertz CT molecular complexity index is 538. The Morgan fingerprint density at radius 3 is 2.80 bits per heavy atom. The molecule has 0 saturated heterocycles.